The Bertz CT molecular complexity index is 490. The summed E-state index contributed by atoms with van der Waals surface area (Å²) in [6.07, 6.45) is 1.83. The zero-order valence-corrected chi connectivity index (χ0v) is 9.41. The number of benzene rings is 1. The van der Waals surface area contributed by atoms with Gasteiger partial charge in [-0.1, -0.05) is 6.07 Å². The van der Waals surface area contributed by atoms with Crippen LogP contribution in [0.3, 0.4) is 0 Å². The summed E-state index contributed by atoms with van der Waals surface area (Å²) in [7, 11) is 0. The molecule has 0 saturated carbocycles. The van der Waals surface area contributed by atoms with E-state index in [1.165, 1.54) is 0 Å². The number of H-pyrrole nitrogens is 1. The number of halogens is 1. The van der Waals surface area contributed by atoms with Crippen LogP contribution in [0.2, 0.25) is 0 Å². The summed E-state index contributed by atoms with van der Waals surface area (Å²) < 4.78 is 1.14. The van der Waals surface area contributed by atoms with E-state index in [2.05, 4.69) is 27.6 Å². The van der Waals surface area contributed by atoms with Crippen molar-refractivity contribution in [2.24, 2.45) is 0 Å². The van der Waals surface area contributed by atoms with Crippen LogP contribution in [0.4, 0.5) is 0 Å². The van der Waals surface area contributed by atoms with Crippen molar-refractivity contribution in [1.29, 1.82) is 0 Å². The third-order valence-corrected chi connectivity index (χ3v) is 2.74. The Kier molecular flexibility index (Phi) is 2.45. The number of aromatic amines is 1. The van der Waals surface area contributed by atoms with Crippen molar-refractivity contribution >= 4 is 39.5 Å². The molecule has 3 nitrogen and oxygen atoms in total. The largest absolute Gasteiger partial charge is 0.481 e. The highest BCUT2D eigenvalue weighted by molar-refractivity contribution is 14.1. The third kappa shape index (κ3) is 1.75. The van der Waals surface area contributed by atoms with Gasteiger partial charge in [0, 0.05) is 20.7 Å². The highest BCUT2D eigenvalue weighted by atomic mass is 127. The molecule has 0 fully saturated rings. The van der Waals surface area contributed by atoms with Gasteiger partial charge in [0.15, 0.2) is 0 Å². The second kappa shape index (κ2) is 3.61. The van der Waals surface area contributed by atoms with E-state index in [4.69, 9.17) is 5.11 Å². The van der Waals surface area contributed by atoms with E-state index in [1.54, 1.807) is 6.20 Å². The second-order valence-electron chi connectivity index (χ2n) is 3.07. The van der Waals surface area contributed by atoms with E-state index >= 15 is 0 Å². The van der Waals surface area contributed by atoms with Crippen molar-refractivity contribution in [2.75, 3.05) is 0 Å². The van der Waals surface area contributed by atoms with E-state index in [-0.39, 0.29) is 6.42 Å². The van der Waals surface area contributed by atoms with Crippen molar-refractivity contribution in [1.82, 2.24) is 4.98 Å². The van der Waals surface area contributed by atoms with E-state index in [0.717, 1.165) is 20.0 Å². The van der Waals surface area contributed by atoms with Gasteiger partial charge in [-0.15, -0.1) is 0 Å². The highest BCUT2D eigenvalue weighted by Gasteiger charge is 2.06. The molecule has 2 N–H and O–H groups in total. The van der Waals surface area contributed by atoms with Gasteiger partial charge in [0.1, 0.15) is 0 Å². The summed E-state index contributed by atoms with van der Waals surface area (Å²) in [4.78, 5) is 13.6. The molecule has 72 valence electrons. The minimum atomic E-state index is -0.801. The Morgan fingerprint density at radius 3 is 3.00 bits per heavy atom. The molecule has 4 heteroatoms. The number of aromatic nitrogens is 1. The topological polar surface area (TPSA) is 53.1 Å². The van der Waals surface area contributed by atoms with Crippen LogP contribution >= 0.6 is 22.6 Å². The Morgan fingerprint density at radius 2 is 2.29 bits per heavy atom. The molecule has 1 heterocycles. The molecular weight excluding hydrogens is 293 g/mol. The van der Waals surface area contributed by atoms with Crippen LogP contribution in [-0.2, 0) is 11.2 Å². The number of carboxylic acid groups (broad SMARTS) is 1. The molecule has 14 heavy (non-hydrogen) atoms. The second-order valence-corrected chi connectivity index (χ2v) is 4.32. The summed E-state index contributed by atoms with van der Waals surface area (Å²) >= 11 is 2.23. The zero-order chi connectivity index (χ0) is 10.1. The number of aliphatic carboxylic acids is 1. The lowest BCUT2D eigenvalue weighted by atomic mass is 10.1. The normalized spacial score (nSPS) is 10.6. The number of nitrogens with one attached hydrogen (secondary N) is 1. The van der Waals surface area contributed by atoms with E-state index in [0.29, 0.717) is 0 Å². The predicted molar refractivity (Wildman–Crippen MR) is 62.4 cm³/mol. The Labute approximate surface area is 94.3 Å². The van der Waals surface area contributed by atoms with Crippen molar-refractivity contribution in [2.45, 2.75) is 6.42 Å². The van der Waals surface area contributed by atoms with Gasteiger partial charge >= 0.3 is 5.97 Å². The standard InChI is InChI=1S/C10H8INO2/c11-7-1-2-8-6(3-10(13)14)5-12-9(8)4-7/h1-2,4-5,12H,3H2,(H,13,14). The first-order valence-electron chi connectivity index (χ1n) is 4.14. The SMILES string of the molecule is O=C(O)Cc1c[nH]c2cc(I)ccc12. The third-order valence-electron chi connectivity index (χ3n) is 2.07. The van der Waals surface area contributed by atoms with Crippen LogP contribution < -0.4 is 0 Å². The molecule has 1 aromatic heterocycles. The first kappa shape index (κ1) is 9.51. The van der Waals surface area contributed by atoms with Crippen molar-refractivity contribution in [3.8, 4) is 0 Å². The molecule has 0 aliphatic rings. The van der Waals surface area contributed by atoms with Crippen LogP contribution in [0.25, 0.3) is 10.9 Å². The number of hydrogen-bond acceptors (Lipinski definition) is 1. The van der Waals surface area contributed by atoms with Crippen molar-refractivity contribution in [3.05, 3.63) is 33.5 Å². The maximum absolute atomic E-state index is 10.6. The minimum Gasteiger partial charge on any atom is -0.481 e. The first-order chi connectivity index (χ1) is 6.66. The summed E-state index contributed by atoms with van der Waals surface area (Å²) in [6, 6.07) is 5.93. The van der Waals surface area contributed by atoms with Crippen molar-refractivity contribution < 1.29 is 9.90 Å². The highest BCUT2D eigenvalue weighted by Crippen LogP contribution is 2.20. The quantitative estimate of drug-likeness (QED) is 0.837. The van der Waals surface area contributed by atoms with Gasteiger partial charge in [-0.05, 0) is 40.3 Å². The number of carbonyl (C=O) groups is 1. The van der Waals surface area contributed by atoms with Gasteiger partial charge in [0.05, 0.1) is 6.42 Å². The molecule has 2 rings (SSSR count). The fourth-order valence-electron chi connectivity index (χ4n) is 1.47. The predicted octanol–water partition coefficient (Wildman–Crippen LogP) is 2.40. The van der Waals surface area contributed by atoms with Gasteiger partial charge in [0.2, 0.25) is 0 Å². The molecule has 0 atom stereocenters. The molecule has 0 saturated heterocycles. The molecular formula is C10H8INO2. The van der Waals surface area contributed by atoms with Crippen LogP contribution in [-0.4, -0.2) is 16.1 Å². The summed E-state index contributed by atoms with van der Waals surface area (Å²) in [6.45, 7) is 0. The molecule has 1 aromatic carbocycles. The Balaban J connectivity index is 2.52. The molecule has 0 spiro atoms. The van der Waals surface area contributed by atoms with E-state index < -0.39 is 5.97 Å². The summed E-state index contributed by atoms with van der Waals surface area (Å²) in [5.41, 5.74) is 1.83. The first-order valence-corrected chi connectivity index (χ1v) is 5.22. The van der Waals surface area contributed by atoms with E-state index in [1.807, 2.05) is 18.2 Å². The van der Waals surface area contributed by atoms with Crippen LogP contribution in [0, 0.1) is 3.57 Å². The van der Waals surface area contributed by atoms with Gasteiger partial charge < -0.3 is 10.1 Å². The lowest BCUT2D eigenvalue weighted by molar-refractivity contribution is -0.136. The molecule has 0 aliphatic heterocycles. The Morgan fingerprint density at radius 1 is 1.50 bits per heavy atom. The molecule has 2 aromatic rings. The summed E-state index contributed by atoms with van der Waals surface area (Å²) in [5.74, 6) is -0.801. The van der Waals surface area contributed by atoms with Gasteiger partial charge in [-0.25, -0.2) is 0 Å². The molecule has 0 amide bonds. The number of hydrogen-bond donors (Lipinski definition) is 2. The van der Waals surface area contributed by atoms with Gasteiger partial charge in [-0.3, -0.25) is 4.79 Å². The monoisotopic (exact) mass is 301 g/mol. The number of fused-ring (bicyclic) bond motifs is 1. The average molecular weight is 301 g/mol. The molecule has 0 radical (unpaired) electrons. The van der Waals surface area contributed by atoms with Gasteiger partial charge in [-0.2, -0.15) is 0 Å². The Hall–Kier alpha value is -1.04. The smallest absolute Gasteiger partial charge is 0.307 e. The zero-order valence-electron chi connectivity index (χ0n) is 7.25. The van der Waals surface area contributed by atoms with Gasteiger partial charge in [0.25, 0.3) is 0 Å². The lowest BCUT2D eigenvalue weighted by Gasteiger charge is -1.94. The fraction of sp³-hybridized carbons (Fsp3) is 0.100. The molecule has 0 bridgehead atoms. The van der Waals surface area contributed by atoms with Crippen LogP contribution in [0.15, 0.2) is 24.4 Å². The van der Waals surface area contributed by atoms with E-state index in [9.17, 15) is 4.79 Å². The fourth-order valence-corrected chi connectivity index (χ4v) is 1.96. The minimum absolute atomic E-state index is 0.0700. The molecule has 0 unspecified atom stereocenters. The average Bonchev–Trinajstić information content (AvgIpc) is 2.47. The maximum Gasteiger partial charge on any atom is 0.307 e. The maximum atomic E-state index is 10.6. The lowest BCUT2D eigenvalue weighted by Crippen LogP contribution is -1.98. The number of rotatable bonds is 2. The van der Waals surface area contributed by atoms with Crippen molar-refractivity contribution in [3.63, 3.8) is 0 Å². The molecule has 0 aliphatic carbocycles. The number of carboxylic acids is 1. The van der Waals surface area contributed by atoms with Crippen LogP contribution in [0.5, 0.6) is 0 Å². The summed E-state index contributed by atoms with van der Waals surface area (Å²) in [5, 5.41) is 9.68. The van der Waals surface area contributed by atoms with Crippen LogP contribution in [0.1, 0.15) is 5.56 Å².